The first-order valence-corrected chi connectivity index (χ1v) is 9.94. The highest BCUT2D eigenvalue weighted by molar-refractivity contribution is 5.84. The summed E-state index contributed by atoms with van der Waals surface area (Å²) in [4.78, 5) is 33.2. The highest BCUT2D eigenvalue weighted by Crippen LogP contribution is 2.39. The molecular weight excluding hydrogens is 350 g/mol. The molecule has 1 aromatic heterocycles. The summed E-state index contributed by atoms with van der Waals surface area (Å²) in [6, 6.07) is 12.2. The molecule has 0 radical (unpaired) electrons. The van der Waals surface area contributed by atoms with Crippen LogP contribution in [0.2, 0.25) is 0 Å². The van der Waals surface area contributed by atoms with Crippen molar-refractivity contribution in [1.29, 1.82) is 0 Å². The van der Waals surface area contributed by atoms with Crippen molar-refractivity contribution in [3.05, 3.63) is 54.4 Å². The second-order valence-electron chi connectivity index (χ2n) is 7.79. The van der Waals surface area contributed by atoms with Crippen LogP contribution < -0.4 is 0 Å². The number of carbonyl (C=O) groups excluding carboxylic acids is 2. The summed E-state index contributed by atoms with van der Waals surface area (Å²) in [5.74, 6) is 0.318. The molecule has 0 N–H and O–H groups in total. The molecule has 1 fully saturated rings. The number of piperidine rings is 1. The lowest BCUT2D eigenvalue weighted by atomic mass is 9.71. The molecule has 1 aliphatic heterocycles. The molecule has 28 heavy (non-hydrogen) atoms. The zero-order chi connectivity index (χ0) is 20.1. The van der Waals surface area contributed by atoms with E-state index in [-0.39, 0.29) is 11.8 Å². The maximum Gasteiger partial charge on any atom is 0.228 e. The molecule has 5 nitrogen and oxygen atoms in total. The molecule has 1 saturated heterocycles. The number of likely N-dealkylation sites (tertiary alicyclic amines) is 1. The van der Waals surface area contributed by atoms with Gasteiger partial charge in [0.05, 0.1) is 5.41 Å². The number of nitrogens with zero attached hydrogens (tertiary/aromatic N) is 3. The maximum atomic E-state index is 13.2. The summed E-state index contributed by atoms with van der Waals surface area (Å²) >= 11 is 0. The molecule has 0 bridgehead atoms. The Morgan fingerprint density at radius 1 is 1.11 bits per heavy atom. The van der Waals surface area contributed by atoms with Gasteiger partial charge in [-0.1, -0.05) is 37.3 Å². The molecule has 0 saturated carbocycles. The molecule has 3 rings (SSSR count). The van der Waals surface area contributed by atoms with E-state index in [1.807, 2.05) is 50.3 Å². The van der Waals surface area contributed by atoms with Gasteiger partial charge in [-0.15, -0.1) is 0 Å². The predicted molar refractivity (Wildman–Crippen MR) is 111 cm³/mol. The molecule has 0 atom stereocenters. The van der Waals surface area contributed by atoms with Gasteiger partial charge in [0.1, 0.15) is 0 Å². The average Bonchev–Trinajstić information content (AvgIpc) is 2.74. The number of amides is 2. The molecule has 1 aromatic carbocycles. The van der Waals surface area contributed by atoms with Crippen LogP contribution in [0.5, 0.6) is 0 Å². The van der Waals surface area contributed by atoms with Crippen LogP contribution in [0.3, 0.4) is 0 Å². The van der Waals surface area contributed by atoms with Gasteiger partial charge in [0.25, 0.3) is 0 Å². The van der Waals surface area contributed by atoms with Gasteiger partial charge in [-0.3, -0.25) is 14.6 Å². The minimum Gasteiger partial charge on any atom is -0.348 e. The molecule has 2 amide bonds. The fraction of sp³-hybridized carbons (Fsp3) is 0.435. The van der Waals surface area contributed by atoms with Crippen LogP contribution in [0.15, 0.2) is 48.8 Å². The van der Waals surface area contributed by atoms with Crippen molar-refractivity contribution in [3.63, 3.8) is 0 Å². The van der Waals surface area contributed by atoms with Gasteiger partial charge in [0.2, 0.25) is 11.8 Å². The number of rotatable bonds is 5. The van der Waals surface area contributed by atoms with E-state index in [0.29, 0.717) is 38.8 Å². The summed E-state index contributed by atoms with van der Waals surface area (Å²) in [5, 5.41) is 0. The number of hydrogen-bond donors (Lipinski definition) is 0. The van der Waals surface area contributed by atoms with E-state index >= 15 is 0 Å². The Morgan fingerprint density at radius 2 is 1.82 bits per heavy atom. The quantitative estimate of drug-likeness (QED) is 0.800. The topological polar surface area (TPSA) is 53.5 Å². The zero-order valence-corrected chi connectivity index (χ0v) is 17.0. The lowest BCUT2D eigenvalue weighted by Gasteiger charge is -2.42. The molecule has 148 valence electrons. The Kier molecular flexibility index (Phi) is 6.12. The van der Waals surface area contributed by atoms with Crippen molar-refractivity contribution in [2.45, 2.75) is 32.6 Å². The van der Waals surface area contributed by atoms with E-state index in [9.17, 15) is 9.59 Å². The normalized spacial score (nSPS) is 15.9. The highest BCUT2D eigenvalue weighted by atomic mass is 16.2. The van der Waals surface area contributed by atoms with Crippen LogP contribution in [0.4, 0.5) is 0 Å². The van der Waals surface area contributed by atoms with Crippen molar-refractivity contribution in [2.24, 2.45) is 5.41 Å². The summed E-state index contributed by atoms with van der Waals surface area (Å²) in [7, 11) is 3.64. The predicted octanol–water partition coefficient (Wildman–Crippen LogP) is 3.40. The van der Waals surface area contributed by atoms with Crippen LogP contribution >= 0.6 is 0 Å². The number of hydrogen-bond acceptors (Lipinski definition) is 3. The Morgan fingerprint density at radius 3 is 2.43 bits per heavy atom. The van der Waals surface area contributed by atoms with Crippen LogP contribution in [-0.2, 0) is 16.0 Å². The van der Waals surface area contributed by atoms with Crippen molar-refractivity contribution in [3.8, 4) is 11.1 Å². The number of pyridine rings is 1. The van der Waals surface area contributed by atoms with Crippen molar-refractivity contribution >= 4 is 11.8 Å². The number of aromatic nitrogens is 1. The summed E-state index contributed by atoms with van der Waals surface area (Å²) in [5.41, 5.74) is 2.85. The summed E-state index contributed by atoms with van der Waals surface area (Å²) in [6.07, 6.45) is 6.20. The largest absolute Gasteiger partial charge is 0.348 e. The maximum absolute atomic E-state index is 13.2. The number of benzene rings is 1. The van der Waals surface area contributed by atoms with E-state index in [1.165, 1.54) is 0 Å². The Balaban J connectivity index is 1.92. The first-order chi connectivity index (χ1) is 13.5. The van der Waals surface area contributed by atoms with Crippen molar-refractivity contribution < 1.29 is 9.59 Å². The first kappa shape index (κ1) is 20.1. The second-order valence-corrected chi connectivity index (χ2v) is 7.79. The fourth-order valence-corrected chi connectivity index (χ4v) is 4.19. The Labute approximate surface area is 167 Å². The van der Waals surface area contributed by atoms with Crippen LogP contribution in [0.1, 0.15) is 31.7 Å². The average molecular weight is 380 g/mol. The third-order valence-electron chi connectivity index (χ3n) is 5.75. The monoisotopic (exact) mass is 379 g/mol. The molecule has 2 heterocycles. The van der Waals surface area contributed by atoms with Crippen molar-refractivity contribution in [1.82, 2.24) is 14.8 Å². The molecule has 1 aliphatic rings. The van der Waals surface area contributed by atoms with Gasteiger partial charge in [-0.25, -0.2) is 0 Å². The minimum absolute atomic E-state index is 0.150. The molecule has 2 aromatic rings. The van der Waals surface area contributed by atoms with Crippen LogP contribution in [-0.4, -0.2) is 53.8 Å². The van der Waals surface area contributed by atoms with Gasteiger partial charge in [0.15, 0.2) is 0 Å². The smallest absolute Gasteiger partial charge is 0.228 e. The molecule has 5 heteroatoms. The lowest BCUT2D eigenvalue weighted by molar-refractivity contribution is -0.146. The van der Waals surface area contributed by atoms with E-state index in [1.54, 1.807) is 11.1 Å². The zero-order valence-electron chi connectivity index (χ0n) is 17.0. The minimum atomic E-state index is -0.480. The van der Waals surface area contributed by atoms with Crippen LogP contribution in [0, 0.1) is 5.41 Å². The SMILES string of the molecule is CCC(=O)N1CCC(Cc2ccccc2-c2cccnc2)(C(=O)N(C)C)CC1. The third-order valence-corrected chi connectivity index (χ3v) is 5.75. The second kappa shape index (κ2) is 8.55. The molecule has 0 unspecified atom stereocenters. The Bertz CT molecular complexity index is 825. The van der Waals surface area contributed by atoms with E-state index in [4.69, 9.17) is 0 Å². The van der Waals surface area contributed by atoms with E-state index < -0.39 is 5.41 Å². The Hall–Kier alpha value is -2.69. The van der Waals surface area contributed by atoms with Gasteiger partial charge in [-0.2, -0.15) is 0 Å². The van der Waals surface area contributed by atoms with Gasteiger partial charge in [0, 0.05) is 51.6 Å². The van der Waals surface area contributed by atoms with E-state index in [0.717, 1.165) is 16.7 Å². The summed E-state index contributed by atoms with van der Waals surface area (Å²) in [6.45, 7) is 3.17. The first-order valence-electron chi connectivity index (χ1n) is 9.94. The van der Waals surface area contributed by atoms with Crippen molar-refractivity contribution in [2.75, 3.05) is 27.2 Å². The molecular formula is C23H29N3O2. The standard InChI is InChI=1S/C23H29N3O2/c1-4-21(27)26-14-11-23(12-15-26,22(28)25(2)3)16-18-8-5-6-10-20(18)19-9-7-13-24-17-19/h5-10,13,17H,4,11-12,14-16H2,1-3H3. The molecule has 0 aliphatic carbocycles. The van der Waals surface area contributed by atoms with Gasteiger partial charge < -0.3 is 9.80 Å². The highest BCUT2D eigenvalue weighted by Gasteiger charge is 2.43. The van der Waals surface area contributed by atoms with Gasteiger partial charge in [-0.05, 0) is 36.5 Å². The summed E-state index contributed by atoms with van der Waals surface area (Å²) < 4.78 is 0. The third kappa shape index (κ3) is 4.08. The van der Waals surface area contributed by atoms with E-state index in [2.05, 4.69) is 23.2 Å². The molecule has 0 spiro atoms. The fourth-order valence-electron chi connectivity index (χ4n) is 4.19. The lowest BCUT2D eigenvalue weighted by Crippen LogP contribution is -2.50. The van der Waals surface area contributed by atoms with Crippen LogP contribution in [0.25, 0.3) is 11.1 Å². The number of carbonyl (C=O) groups is 2. The van der Waals surface area contributed by atoms with Gasteiger partial charge >= 0.3 is 0 Å².